The number of anilines is 1. The lowest BCUT2D eigenvalue weighted by molar-refractivity contribution is 0.101. The summed E-state index contributed by atoms with van der Waals surface area (Å²) < 4.78 is 13.4. The molecule has 0 fully saturated rings. The quantitative estimate of drug-likeness (QED) is 0.572. The number of pyridine rings is 1. The average molecular weight is 204 g/mol. The highest BCUT2D eigenvalue weighted by atomic mass is 19.1. The molecule has 15 heavy (non-hydrogen) atoms. The molecule has 0 radical (unpaired) electrons. The molecule has 1 aromatic carbocycles. The predicted octanol–water partition coefficient (Wildman–Crippen LogP) is 2.16. The van der Waals surface area contributed by atoms with E-state index in [-0.39, 0.29) is 17.0 Å². The maximum atomic E-state index is 13.4. The number of nitrogen functional groups attached to an aromatic ring is 1. The van der Waals surface area contributed by atoms with Crippen molar-refractivity contribution in [3.63, 3.8) is 0 Å². The van der Waals surface area contributed by atoms with E-state index in [4.69, 9.17) is 5.73 Å². The lowest BCUT2D eigenvalue weighted by Gasteiger charge is -2.06. The Morgan fingerprint density at radius 1 is 1.53 bits per heavy atom. The van der Waals surface area contributed by atoms with E-state index in [1.54, 1.807) is 18.3 Å². The minimum atomic E-state index is -0.583. The van der Waals surface area contributed by atoms with Crippen LogP contribution in [0.25, 0.3) is 10.9 Å². The van der Waals surface area contributed by atoms with Gasteiger partial charge in [-0.15, -0.1) is 0 Å². The monoisotopic (exact) mass is 204 g/mol. The van der Waals surface area contributed by atoms with Crippen LogP contribution in [0.1, 0.15) is 17.3 Å². The zero-order chi connectivity index (χ0) is 11.0. The molecule has 2 N–H and O–H groups in total. The van der Waals surface area contributed by atoms with Crippen molar-refractivity contribution >= 4 is 22.4 Å². The van der Waals surface area contributed by atoms with Crippen molar-refractivity contribution in [1.82, 2.24) is 4.98 Å². The summed E-state index contributed by atoms with van der Waals surface area (Å²) in [5.74, 6) is -0.807. The lowest BCUT2D eigenvalue weighted by Crippen LogP contribution is -2.01. The van der Waals surface area contributed by atoms with Gasteiger partial charge in [0.05, 0.1) is 11.2 Å². The molecule has 0 atom stereocenters. The minimum Gasteiger partial charge on any atom is -0.396 e. The van der Waals surface area contributed by atoms with E-state index < -0.39 is 5.82 Å². The molecule has 0 spiro atoms. The Labute approximate surface area is 85.7 Å². The third-order valence-electron chi connectivity index (χ3n) is 2.26. The average Bonchev–Trinajstić information content (AvgIpc) is 2.23. The van der Waals surface area contributed by atoms with Gasteiger partial charge in [-0.1, -0.05) is 0 Å². The first-order valence-corrected chi connectivity index (χ1v) is 4.45. The number of benzene rings is 1. The van der Waals surface area contributed by atoms with E-state index in [1.165, 1.54) is 6.92 Å². The number of aromatic nitrogens is 1. The standard InChI is InChI=1S/C11H9FN2O/c1-6(15)8-5-9(12)10(13)7-3-2-4-14-11(7)8/h2-5H,13H2,1H3. The van der Waals surface area contributed by atoms with Crippen molar-refractivity contribution in [2.24, 2.45) is 0 Å². The summed E-state index contributed by atoms with van der Waals surface area (Å²) in [5.41, 5.74) is 6.30. The fourth-order valence-corrected chi connectivity index (χ4v) is 1.51. The molecular formula is C11H9FN2O. The smallest absolute Gasteiger partial charge is 0.162 e. The molecule has 1 heterocycles. The molecule has 0 amide bonds. The lowest BCUT2D eigenvalue weighted by atomic mass is 10.0. The second-order valence-electron chi connectivity index (χ2n) is 3.28. The summed E-state index contributed by atoms with van der Waals surface area (Å²) in [6.07, 6.45) is 1.55. The van der Waals surface area contributed by atoms with Gasteiger partial charge in [-0.3, -0.25) is 9.78 Å². The number of hydrogen-bond acceptors (Lipinski definition) is 3. The number of nitrogens with two attached hydrogens (primary N) is 1. The summed E-state index contributed by atoms with van der Waals surface area (Å²) >= 11 is 0. The van der Waals surface area contributed by atoms with Gasteiger partial charge in [0.15, 0.2) is 5.78 Å². The number of nitrogens with zero attached hydrogens (tertiary/aromatic N) is 1. The van der Waals surface area contributed by atoms with Crippen molar-refractivity contribution in [1.29, 1.82) is 0 Å². The zero-order valence-electron chi connectivity index (χ0n) is 8.12. The van der Waals surface area contributed by atoms with Crippen molar-refractivity contribution in [2.45, 2.75) is 6.92 Å². The van der Waals surface area contributed by atoms with Crippen LogP contribution >= 0.6 is 0 Å². The van der Waals surface area contributed by atoms with Gasteiger partial charge in [-0.05, 0) is 25.1 Å². The van der Waals surface area contributed by atoms with Gasteiger partial charge in [0.25, 0.3) is 0 Å². The van der Waals surface area contributed by atoms with E-state index >= 15 is 0 Å². The van der Waals surface area contributed by atoms with Crippen LogP contribution in [0.3, 0.4) is 0 Å². The van der Waals surface area contributed by atoms with Crippen molar-refractivity contribution < 1.29 is 9.18 Å². The van der Waals surface area contributed by atoms with Crippen LogP contribution in [0.5, 0.6) is 0 Å². The van der Waals surface area contributed by atoms with Crippen LogP contribution in [0.15, 0.2) is 24.4 Å². The van der Waals surface area contributed by atoms with E-state index in [0.717, 1.165) is 6.07 Å². The number of halogens is 1. The largest absolute Gasteiger partial charge is 0.396 e. The third-order valence-corrected chi connectivity index (χ3v) is 2.26. The second kappa shape index (κ2) is 3.31. The van der Waals surface area contributed by atoms with Gasteiger partial charge in [-0.2, -0.15) is 0 Å². The van der Waals surface area contributed by atoms with Gasteiger partial charge in [-0.25, -0.2) is 4.39 Å². The fourth-order valence-electron chi connectivity index (χ4n) is 1.51. The maximum absolute atomic E-state index is 13.4. The first kappa shape index (κ1) is 9.58. The highest BCUT2D eigenvalue weighted by molar-refractivity contribution is 6.08. The van der Waals surface area contributed by atoms with Gasteiger partial charge in [0.2, 0.25) is 0 Å². The third kappa shape index (κ3) is 1.44. The van der Waals surface area contributed by atoms with Crippen LogP contribution in [0.2, 0.25) is 0 Å². The van der Waals surface area contributed by atoms with E-state index in [1.807, 2.05) is 0 Å². The molecule has 76 valence electrons. The predicted molar refractivity (Wildman–Crippen MR) is 56.1 cm³/mol. The molecule has 0 aliphatic rings. The second-order valence-corrected chi connectivity index (χ2v) is 3.28. The SMILES string of the molecule is CC(=O)c1cc(F)c(N)c2cccnc12. The number of carbonyl (C=O) groups excluding carboxylic acids is 1. The van der Waals surface area contributed by atoms with Crippen LogP contribution in [-0.4, -0.2) is 10.8 Å². The normalized spacial score (nSPS) is 10.5. The van der Waals surface area contributed by atoms with Crippen molar-refractivity contribution in [3.05, 3.63) is 35.8 Å². The Bertz CT molecular complexity index is 552. The number of Topliss-reactive ketones (excluding diaryl/α,β-unsaturated/α-hetero) is 1. The first-order chi connectivity index (χ1) is 7.11. The van der Waals surface area contributed by atoms with Crippen LogP contribution < -0.4 is 5.73 Å². The molecule has 1 aromatic heterocycles. The molecule has 0 saturated heterocycles. The maximum Gasteiger partial charge on any atom is 0.162 e. The van der Waals surface area contributed by atoms with Crippen LogP contribution in [0.4, 0.5) is 10.1 Å². The van der Waals surface area contributed by atoms with Crippen molar-refractivity contribution in [3.8, 4) is 0 Å². The van der Waals surface area contributed by atoms with Gasteiger partial charge in [0.1, 0.15) is 5.82 Å². The van der Waals surface area contributed by atoms with Gasteiger partial charge >= 0.3 is 0 Å². The molecule has 0 aliphatic carbocycles. The summed E-state index contributed by atoms with van der Waals surface area (Å²) in [6.45, 7) is 1.37. The van der Waals surface area contributed by atoms with Crippen molar-refractivity contribution in [2.75, 3.05) is 5.73 Å². The Hall–Kier alpha value is -1.97. The van der Waals surface area contributed by atoms with Crippen LogP contribution in [0, 0.1) is 5.82 Å². The molecule has 4 heteroatoms. The van der Waals surface area contributed by atoms with E-state index in [0.29, 0.717) is 10.9 Å². The van der Waals surface area contributed by atoms with Crippen LogP contribution in [-0.2, 0) is 0 Å². The molecule has 0 unspecified atom stereocenters. The highest BCUT2D eigenvalue weighted by Gasteiger charge is 2.12. The Balaban J connectivity index is 2.94. The summed E-state index contributed by atoms with van der Waals surface area (Å²) in [5, 5.41) is 0.475. The highest BCUT2D eigenvalue weighted by Crippen LogP contribution is 2.25. The summed E-state index contributed by atoms with van der Waals surface area (Å²) in [4.78, 5) is 15.3. The number of ketones is 1. The van der Waals surface area contributed by atoms with E-state index in [9.17, 15) is 9.18 Å². The topological polar surface area (TPSA) is 56.0 Å². The van der Waals surface area contributed by atoms with E-state index in [2.05, 4.69) is 4.98 Å². The van der Waals surface area contributed by atoms with Gasteiger partial charge < -0.3 is 5.73 Å². The molecule has 2 rings (SSSR count). The number of carbonyl (C=O) groups is 1. The Morgan fingerprint density at radius 2 is 2.27 bits per heavy atom. The summed E-state index contributed by atoms with van der Waals surface area (Å²) in [7, 11) is 0. The summed E-state index contributed by atoms with van der Waals surface area (Å²) in [6, 6.07) is 4.43. The molecule has 0 bridgehead atoms. The molecule has 0 aliphatic heterocycles. The molecular weight excluding hydrogens is 195 g/mol. The molecule has 3 nitrogen and oxygen atoms in total. The minimum absolute atomic E-state index is 0.0306. The number of rotatable bonds is 1. The van der Waals surface area contributed by atoms with Gasteiger partial charge in [0, 0.05) is 17.1 Å². The molecule has 0 saturated carbocycles. The Morgan fingerprint density at radius 3 is 2.93 bits per heavy atom. The first-order valence-electron chi connectivity index (χ1n) is 4.45. The number of hydrogen-bond donors (Lipinski definition) is 1. The molecule has 2 aromatic rings. The number of fused-ring (bicyclic) bond motifs is 1. The Kier molecular flexibility index (Phi) is 2.11. The fraction of sp³-hybridized carbons (Fsp3) is 0.0909. The zero-order valence-corrected chi connectivity index (χ0v) is 8.12.